The molecule has 0 aliphatic heterocycles. The number of hydrogen-bond donors (Lipinski definition) is 0. The molecule has 1 aromatic heterocycles. The molecule has 2 aromatic carbocycles. The lowest BCUT2D eigenvalue weighted by molar-refractivity contribution is -0.757. The highest BCUT2D eigenvalue weighted by Crippen LogP contribution is 2.31. The van der Waals surface area contributed by atoms with Gasteiger partial charge in [-0.3, -0.25) is 4.79 Å². The molecular formula is C22H19N3O7S3. The fourth-order valence-corrected chi connectivity index (χ4v) is 5.15. The van der Waals surface area contributed by atoms with Gasteiger partial charge in [0, 0.05) is 11.8 Å². The Balaban J connectivity index is 1.68. The standard InChI is InChI=1S/C22H19N3O7S3/c1-14(26)32-19-9-8-17(12-18(19)22(27)30-10-2-3-11-31-25(28)29)24-23-16-6-4-15(5-7-16)20-13-21(33)35-34-20/h4-9,12-13H,2-3,10-11H2,1H3. The van der Waals surface area contributed by atoms with Crippen molar-refractivity contribution < 1.29 is 29.0 Å². The summed E-state index contributed by atoms with van der Waals surface area (Å²) >= 11 is 5.17. The Labute approximate surface area is 212 Å². The summed E-state index contributed by atoms with van der Waals surface area (Å²) in [6, 6.07) is 13.8. The van der Waals surface area contributed by atoms with E-state index in [1.165, 1.54) is 19.1 Å². The third kappa shape index (κ3) is 8.31. The largest absolute Gasteiger partial charge is 0.462 e. The number of ether oxygens (including phenoxy) is 2. The zero-order valence-corrected chi connectivity index (χ0v) is 20.8. The van der Waals surface area contributed by atoms with Crippen LogP contribution in [0.4, 0.5) is 11.4 Å². The van der Waals surface area contributed by atoms with Crippen molar-refractivity contribution in [2.75, 3.05) is 13.2 Å². The molecule has 0 unspecified atom stereocenters. The quantitative estimate of drug-likeness (QED) is 0.0389. The molecular weight excluding hydrogens is 514 g/mol. The van der Waals surface area contributed by atoms with Crippen LogP contribution >= 0.6 is 32.9 Å². The summed E-state index contributed by atoms with van der Waals surface area (Å²) in [6.07, 6.45) is 0.692. The number of esters is 2. The Morgan fingerprint density at radius 3 is 2.34 bits per heavy atom. The molecule has 10 nitrogen and oxygen atoms in total. The number of carbonyl (C=O) groups is 2. The van der Waals surface area contributed by atoms with E-state index in [4.69, 9.17) is 21.7 Å². The van der Waals surface area contributed by atoms with Crippen LogP contribution in [0, 0.1) is 13.9 Å². The molecule has 0 radical (unpaired) electrons. The molecule has 13 heteroatoms. The van der Waals surface area contributed by atoms with Crippen LogP contribution < -0.4 is 4.74 Å². The van der Waals surface area contributed by atoms with E-state index >= 15 is 0 Å². The number of unbranched alkanes of at least 4 members (excludes halogenated alkanes) is 1. The molecule has 1 heterocycles. The summed E-state index contributed by atoms with van der Waals surface area (Å²) in [7, 11) is 3.15. The van der Waals surface area contributed by atoms with E-state index in [1.807, 2.05) is 30.3 Å². The number of azo groups is 1. The van der Waals surface area contributed by atoms with E-state index in [1.54, 1.807) is 26.7 Å². The maximum atomic E-state index is 12.6. The first-order valence-corrected chi connectivity index (χ1v) is 12.8. The third-order valence-corrected chi connectivity index (χ3v) is 7.21. The van der Waals surface area contributed by atoms with Crippen molar-refractivity contribution in [2.45, 2.75) is 19.8 Å². The highest BCUT2D eigenvalue weighted by atomic mass is 32.9. The van der Waals surface area contributed by atoms with Gasteiger partial charge in [-0.25, -0.2) is 4.79 Å². The second-order valence-electron chi connectivity index (χ2n) is 6.92. The predicted molar refractivity (Wildman–Crippen MR) is 133 cm³/mol. The summed E-state index contributed by atoms with van der Waals surface area (Å²) in [4.78, 5) is 39.4. The Hall–Kier alpha value is -3.55. The molecule has 0 N–H and O–H groups in total. The second-order valence-corrected chi connectivity index (χ2v) is 9.83. The number of nitrogens with zero attached hydrogens (tertiary/aromatic N) is 3. The van der Waals surface area contributed by atoms with Gasteiger partial charge in [-0.05, 0) is 54.8 Å². The van der Waals surface area contributed by atoms with Gasteiger partial charge in [0.2, 0.25) is 0 Å². The minimum Gasteiger partial charge on any atom is -0.462 e. The third-order valence-electron chi connectivity index (χ3n) is 4.30. The van der Waals surface area contributed by atoms with E-state index < -0.39 is 17.0 Å². The van der Waals surface area contributed by atoms with E-state index in [2.05, 4.69) is 15.1 Å². The summed E-state index contributed by atoms with van der Waals surface area (Å²) in [5.74, 6) is -1.29. The van der Waals surface area contributed by atoms with Crippen LogP contribution in [0.5, 0.6) is 5.75 Å². The first-order chi connectivity index (χ1) is 16.8. The normalized spacial score (nSPS) is 10.8. The van der Waals surface area contributed by atoms with Crippen LogP contribution in [0.1, 0.15) is 30.1 Å². The van der Waals surface area contributed by atoms with E-state index in [-0.39, 0.29) is 24.5 Å². The van der Waals surface area contributed by atoms with Gasteiger partial charge < -0.3 is 14.3 Å². The van der Waals surface area contributed by atoms with Gasteiger partial charge in [-0.2, -0.15) is 10.2 Å². The van der Waals surface area contributed by atoms with E-state index in [0.717, 1.165) is 14.3 Å². The molecule has 35 heavy (non-hydrogen) atoms. The molecule has 0 saturated carbocycles. The fourth-order valence-electron chi connectivity index (χ4n) is 2.75. The van der Waals surface area contributed by atoms with Gasteiger partial charge in [0.25, 0.3) is 5.09 Å². The van der Waals surface area contributed by atoms with Crippen molar-refractivity contribution in [1.82, 2.24) is 0 Å². The molecule has 182 valence electrons. The van der Waals surface area contributed by atoms with Gasteiger partial charge in [0.05, 0.1) is 24.6 Å². The molecule has 0 aliphatic rings. The first kappa shape index (κ1) is 26.1. The zero-order chi connectivity index (χ0) is 25.2. The minimum atomic E-state index is -0.882. The van der Waals surface area contributed by atoms with Crippen LogP contribution in [0.3, 0.4) is 0 Å². The van der Waals surface area contributed by atoms with Gasteiger partial charge in [0.1, 0.15) is 15.1 Å². The lowest BCUT2D eigenvalue weighted by Crippen LogP contribution is -2.11. The smallest absolute Gasteiger partial charge is 0.342 e. The van der Waals surface area contributed by atoms with Crippen LogP contribution in [0.15, 0.2) is 58.8 Å². The number of benzene rings is 2. The van der Waals surface area contributed by atoms with Gasteiger partial charge in [-0.1, -0.05) is 45.0 Å². The van der Waals surface area contributed by atoms with Crippen LogP contribution in [0.25, 0.3) is 10.4 Å². The molecule has 0 spiro atoms. The lowest BCUT2D eigenvalue weighted by atomic mass is 10.1. The van der Waals surface area contributed by atoms with Crippen molar-refractivity contribution in [3.63, 3.8) is 0 Å². The van der Waals surface area contributed by atoms with Gasteiger partial charge in [-0.15, -0.1) is 10.1 Å². The van der Waals surface area contributed by atoms with Crippen molar-refractivity contribution >= 4 is 56.2 Å². The Morgan fingerprint density at radius 1 is 1.00 bits per heavy atom. The maximum absolute atomic E-state index is 12.6. The average Bonchev–Trinajstić information content (AvgIpc) is 3.26. The van der Waals surface area contributed by atoms with Gasteiger partial charge in [0.15, 0.2) is 0 Å². The maximum Gasteiger partial charge on any atom is 0.342 e. The highest BCUT2D eigenvalue weighted by Gasteiger charge is 2.17. The van der Waals surface area contributed by atoms with E-state index in [9.17, 15) is 19.7 Å². The van der Waals surface area contributed by atoms with Crippen LogP contribution in [0.2, 0.25) is 0 Å². The number of rotatable bonds is 11. The van der Waals surface area contributed by atoms with Gasteiger partial charge >= 0.3 is 11.9 Å². The SMILES string of the molecule is CC(=O)Oc1ccc(N=Nc2ccc(-c3cc(=S)ss3)cc2)cc1C(=O)OCCCCO[N+](=O)[O-]. The van der Waals surface area contributed by atoms with Crippen molar-refractivity contribution in [3.05, 3.63) is 68.0 Å². The molecule has 3 rings (SSSR count). The zero-order valence-electron chi connectivity index (χ0n) is 18.4. The topological polar surface area (TPSA) is 130 Å². The average molecular weight is 534 g/mol. The predicted octanol–water partition coefficient (Wildman–Crippen LogP) is 6.69. The van der Waals surface area contributed by atoms with Crippen molar-refractivity contribution in [1.29, 1.82) is 0 Å². The number of hydrogen-bond acceptors (Lipinski definition) is 12. The molecule has 0 aliphatic carbocycles. The second kappa shape index (κ2) is 12.8. The van der Waals surface area contributed by atoms with E-state index in [0.29, 0.717) is 24.2 Å². The summed E-state index contributed by atoms with van der Waals surface area (Å²) < 4.78 is 11.1. The monoisotopic (exact) mass is 533 g/mol. The summed E-state index contributed by atoms with van der Waals surface area (Å²) in [5.41, 5.74) is 2.00. The molecule has 0 saturated heterocycles. The Bertz CT molecular complexity index is 1290. The van der Waals surface area contributed by atoms with Crippen molar-refractivity contribution in [3.8, 4) is 16.2 Å². The van der Waals surface area contributed by atoms with Crippen molar-refractivity contribution in [2.24, 2.45) is 10.2 Å². The molecule has 3 aromatic rings. The minimum absolute atomic E-state index is 0.00667. The molecule has 0 amide bonds. The summed E-state index contributed by atoms with van der Waals surface area (Å²) in [5, 5.41) is 17.6. The Kier molecular flexibility index (Phi) is 9.52. The van der Waals surface area contributed by atoms with Crippen LogP contribution in [-0.4, -0.2) is 30.2 Å². The highest BCUT2D eigenvalue weighted by molar-refractivity contribution is 7.80. The molecule has 0 atom stereocenters. The number of carbonyl (C=O) groups excluding carboxylic acids is 2. The first-order valence-electron chi connectivity index (χ1n) is 10.2. The fraction of sp³-hybridized carbons (Fsp3) is 0.227. The Morgan fingerprint density at radius 2 is 1.69 bits per heavy atom. The lowest BCUT2D eigenvalue weighted by Gasteiger charge is -2.10. The molecule has 0 bridgehead atoms. The summed E-state index contributed by atoms with van der Waals surface area (Å²) in [6.45, 7) is 1.13. The molecule has 0 fully saturated rings. The van der Waals surface area contributed by atoms with Crippen LogP contribution in [-0.2, 0) is 14.4 Å².